The third kappa shape index (κ3) is 5.46. The Balaban J connectivity index is 0.00000308. The van der Waals surface area contributed by atoms with Crippen LogP contribution in [-0.4, -0.2) is 81.4 Å². The van der Waals surface area contributed by atoms with E-state index in [1.165, 1.54) is 5.56 Å². The average Bonchev–Trinajstić information content (AvgIpc) is 3.40. The van der Waals surface area contributed by atoms with Crippen molar-refractivity contribution in [1.29, 1.82) is 0 Å². The van der Waals surface area contributed by atoms with E-state index in [4.69, 9.17) is 4.74 Å². The number of aromatic amines is 1. The third-order valence-corrected chi connectivity index (χ3v) is 8.00. The van der Waals surface area contributed by atoms with Gasteiger partial charge in [0.05, 0.1) is 28.7 Å². The molecule has 1 aromatic carbocycles. The predicted octanol–water partition coefficient (Wildman–Crippen LogP) is 3.96. The fraction of sp³-hybridized carbons (Fsp3) is 0.467. The topological polar surface area (TPSA) is 96.3 Å². The molecule has 6 rings (SSSR count). The summed E-state index contributed by atoms with van der Waals surface area (Å²) in [5.41, 5.74) is 4.22. The van der Waals surface area contributed by atoms with E-state index in [-0.39, 0.29) is 24.9 Å². The molecular formula is C30H38N6O3. The van der Waals surface area contributed by atoms with Gasteiger partial charge in [-0.25, -0.2) is 0 Å². The zero-order valence-corrected chi connectivity index (χ0v) is 21.9. The Kier molecular flexibility index (Phi) is 8.09. The lowest BCUT2D eigenvalue weighted by atomic mass is 10.0. The number of hydrogen-bond acceptors (Lipinski definition) is 6. The number of ether oxygens (including phenoxy) is 1. The molecule has 0 spiro atoms. The van der Waals surface area contributed by atoms with E-state index < -0.39 is 0 Å². The van der Waals surface area contributed by atoms with E-state index in [2.05, 4.69) is 26.0 Å². The van der Waals surface area contributed by atoms with Gasteiger partial charge in [0.2, 0.25) is 0 Å². The number of aromatic nitrogens is 4. The van der Waals surface area contributed by atoms with Crippen molar-refractivity contribution in [3.63, 3.8) is 0 Å². The Bertz CT molecular complexity index is 1500. The van der Waals surface area contributed by atoms with Crippen LogP contribution >= 0.6 is 0 Å². The molecule has 2 saturated heterocycles. The minimum Gasteiger partial charge on any atom is -0.381 e. The number of benzene rings is 1. The Morgan fingerprint density at radius 1 is 1.10 bits per heavy atom. The molecule has 4 aromatic rings. The van der Waals surface area contributed by atoms with E-state index >= 15 is 0 Å². The Labute approximate surface area is 228 Å². The number of carbonyl (C=O) groups is 1. The Hall–Kier alpha value is -3.56. The highest BCUT2D eigenvalue weighted by Gasteiger charge is 2.25. The molecule has 5 heterocycles. The highest BCUT2D eigenvalue weighted by molar-refractivity contribution is 6.07. The molecule has 2 aliphatic rings. The van der Waals surface area contributed by atoms with E-state index in [1.54, 1.807) is 12.4 Å². The Morgan fingerprint density at radius 3 is 2.64 bits per heavy atom. The molecule has 3 aromatic heterocycles. The van der Waals surface area contributed by atoms with Gasteiger partial charge in [-0.1, -0.05) is 13.5 Å². The maximum atomic E-state index is 13.7. The number of nitrogens with one attached hydrogen (secondary N) is 1. The van der Waals surface area contributed by atoms with Crippen LogP contribution < -0.4 is 5.56 Å². The van der Waals surface area contributed by atoms with E-state index in [9.17, 15) is 9.59 Å². The summed E-state index contributed by atoms with van der Waals surface area (Å²) in [4.78, 5) is 38.1. The standard InChI is InChI=1S/C29H34N6O3.CH4/c1-20-16-26-24(27-25(28(36)32-26)19-31-35(27)22-6-14-38-15-7-22)17-23(20)29(37)34-12-10-33(11-13-34)9-3-5-21-4-2-8-30-18-21;/h2,4,8,16-19,22H,3,5-7,9-15H2,1H3,(H,32,36);1H4. The van der Waals surface area contributed by atoms with Gasteiger partial charge in [0.1, 0.15) is 0 Å². The normalized spacial score (nSPS) is 17.0. The number of rotatable bonds is 6. The van der Waals surface area contributed by atoms with Crippen LogP contribution in [0.1, 0.15) is 54.2 Å². The maximum absolute atomic E-state index is 13.7. The molecule has 2 fully saturated rings. The minimum absolute atomic E-state index is 0. The quantitative estimate of drug-likeness (QED) is 0.405. The second kappa shape index (κ2) is 11.7. The second-order valence-electron chi connectivity index (χ2n) is 10.5. The van der Waals surface area contributed by atoms with Crippen molar-refractivity contribution < 1.29 is 9.53 Å². The van der Waals surface area contributed by atoms with Gasteiger partial charge in [0, 0.05) is 62.7 Å². The van der Waals surface area contributed by atoms with Gasteiger partial charge in [-0.15, -0.1) is 0 Å². The number of hydrogen-bond donors (Lipinski definition) is 1. The molecule has 1 amide bonds. The Morgan fingerprint density at radius 2 is 1.90 bits per heavy atom. The van der Waals surface area contributed by atoms with E-state index in [0.717, 1.165) is 67.3 Å². The zero-order valence-electron chi connectivity index (χ0n) is 21.9. The number of pyridine rings is 2. The first kappa shape index (κ1) is 27.0. The number of amides is 1. The first-order valence-electron chi connectivity index (χ1n) is 13.6. The SMILES string of the molecule is C.Cc1cc2[nH]c(=O)c3cnn(C4CCOCC4)c3c2cc1C(=O)N1CCN(CCCc2cccnc2)CC1. The number of nitrogens with zero attached hydrogens (tertiary/aromatic N) is 5. The van der Waals surface area contributed by atoms with Crippen LogP contribution in [0.2, 0.25) is 0 Å². The molecule has 0 saturated carbocycles. The van der Waals surface area contributed by atoms with Crippen LogP contribution in [0.4, 0.5) is 0 Å². The fourth-order valence-electron chi connectivity index (χ4n) is 5.83. The van der Waals surface area contributed by atoms with Crippen LogP contribution in [0, 0.1) is 6.92 Å². The smallest absolute Gasteiger partial charge is 0.259 e. The van der Waals surface area contributed by atoms with Crippen molar-refractivity contribution in [2.75, 3.05) is 45.9 Å². The first-order chi connectivity index (χ1) is 18.6. The van der Waals surface area contributed by atoms with Crippen LogP contribution in [0.5, 0.6) is 0 Å². The van der Waals surface area contributed by atoms with Crippen molar-refractivity contribution in [1.82, 2.24) is 29.5 Å². The van der Waals surface area contributed by atoms with Gasteiger partial charge < -0.3 is 14.6 Å². The average molecular weight is 531 g/mol. The molecule has 9 nitrogen and oxygen atoms in total. The predicted molar refractivity (Wildman–Crippen MR) is 153 cm³/mol. The van der Waals surface area contributed by atoms with Crippen LogP contribution in [-0.2, 0) is 11.2 Å². The summed E-state index contributed by atoms with van der Waals surface area (Å²) in [5, 5.41) is 6.03. The summed E-state index contributed by atoms with van der Waals surface area (Å²) in [6, 6.07) is 8.17. The lowest BCUT2D eigenvalue weighted by Crippen LogP contribution is -2.49. The zero-order chi connectivity index (χ0) is 26.1. The largest absolute Gasteiger partial charge is 0.381 e. The fourth-order valence-corrected chi connectivity index (χ4v) is 5.83. The van der Waals surface area contributed by atoms with E-state index in [1.807, 2.05) is 40.9 Å². The molecule has 0 bridgehead atoms. The van der Waals surface area contributed by atoms with Gasteiger partial charge in [-0.05, 0) is 68.5 Å². The van der Waals surface area contributed by atoms with Crippen LogP contribution in [0.3, 0.4) is 0 Å². The van der Waals surface area contributed by atoms with Gasteiger partial charge in [0.15, 0.2) is 0 Å². The van der Waals surface area contributed by atoms with Crippen molar-refractivity contribution in [2.24, 2.45) is 0 Å². The second-order valence-corrected chi connectivity index (χ2v) is 10.5. The lowest BCUT2D eigenvalue weighted by Gasteiger charge is -2.35. The van der Waals surface area contributed by atoms with Crippen molar-refractivity contribution in [2.45, 2.75) is 46.1 Å². The van der Waals surface area contributed by atoms with Crippen molar-refractivity contribution in [3.8, 4) is 0 Å². The van der Waals surface area contributed by atoms with E-state index in [0.29, 0.717) is 37.3 Å². The highest BCUT2D eigenvalue weighted by Crippen LogP contribution is 2.30. The molecule has 2 aliphatic heterocycles. The number of piperazine rings is 1. The summed E-state index contributed by atoms with van der Waals surface area (Å²) >= 11 is 0. The molecule has 0 atom stereocenters. The molecular weight excluding hydrogens is 492 g/mol. The number of aryl methyl sites for hydroxylation is 2. The van der Waals surface area contributed by atoms with Crippen molar-refractivity contribution >= 4 is 27.7 Å². The monoisotopic (exact) mass is 530 g/mol. The molecule has 39 heavy (non-hydrogen) atoms. The summed E-state index contributed by atoms with van der Waals surface area (Å²) in [6.45, 7) is 7.51. The summed E-state index contributed by atoms with van der Waals surface area (Å²) in [6.07, 6.45) is 9.20. The minimum atomic E-state index is -0.149. The lowest BCUT2D eigenvalue weighted by molar-refractivity contribution is 0.0635. The number of carbonyl (C=O) groups excluding carboxylic acids is 1. The van der Waals surface area contributed by atoms with Crippen molar-refractivity contribution in [3.05, 3.63) is 69.9 Å². The summed E-state index contributed by atoms with van der Waals surface area (Å²) in [5.74, 6) is 0.0518. The highest BCUT2D eigenvalue weighted by atomic mass is 16.5. The molecule has 206 valence electrons. The summed E-state index contributed by atoms with van der Waals surface area (Å²) < 4.78 is 7.51. The number of fused-ring (bicyclic) bond motifs is 3. The van der Waals surface area contributed by atoms with Gasteiger partial charge in [-0.3, -0.25) is 24.2 Å². The first-order valence-corrected chi connectivity index (χ1v) is 13.6. The molecule has 0 aliphatic carbocycles. The molecule has 1 N–H and O–H groups in total. The third-order valence-electron chi connectivity index (χ3n) is 8.00. The van der Waals surface area contributed by atoms with Gasteiger partial charge >= 0.3 is 0 Å². The molecule has 9 heteroatoms. The maximum Gasteiger partial charge on any atom is 0.259 e. The molecule has 0 unspecified atom stereocenters. The van der Waals surface area contributed by atoms with Gasteiger partial charge in [0.25, 0.3) is 11.5 Å². The summed E-state index contributed by atoms with van der Waals surface area (Å²) in [7, 11) is 0. The van der Waals surface area contributed by atoms with Crippen LogP contribution in [0.15, 0.2) is 47.7 Å². The van der Waals surface area contributed by atoms with Gasteiger partial charge in [-0.2, -0.15) is 5.10 Å². The van der Waals surface area contributed by atoms with Crippen LogP contribution in [0.25, 0.3) is 21.8 Å². The number of H-pyrrole nitrogens is 1. The molecule has 0 radical (unpaired) electrons.